The molecule has 0 saturated heterocycles. The summed E-state index contributed by atoms with van der Waals surface area (Å²) in [5.41, 5.74) is 2.08. The van der Waals surface area contributed by atoms with Crippen LogP contribution >= 0.6 is 12.6 Å². The topological polar surface area (TPSA) is 185 Å². The lowest BCUT2D eigenvalue weighted by molar-refractivity contribution is -0.125. The van der Waals surface area contributed by atoms with Crippen LogP contribution in [0.4, 0.5) is 0 Å². The zero-order chi connectivity index (χ0) is 32.8. The smallest absolute Gasteiger partial charge is 0.242 e. The van der Waals surface area contributed by atoms with Crippen molar-refractivity contribution >= 4 is 52.1 Å². The molecule has 0 spiro atoms. The summed E-state index contributed by atoms with van der Waals surface area (Å²) in [6, 6.07) is 12.2. The number of benzene rings is 1. The van der Waals surface area contributed by atoms with Gasteiger partial charge in [-0.2, -0.15) is 12.6 Å². The number of sulfonamides is 1. The molecule has 1 atom stereocenters. The monoisotopic (exact) mass is 660 g/mol. The second-order valence-corrected chi connectivity index (χ2v) is 12.7. The maximum absolute atomic E-state index is 12.9. The highest BCUT2D eigenvalue weighted by Gasteiger charge is 2.33. The fourth-order valence-corrected chi connectivity index (χ4v) is 6.00. The van der Waals surface area contributed by atoms with E-state index in [9.17, 15) is 32.4 Å². The first kappa shape index (κ1) is 35.4. The maximum Gasteiger partial charge on any atom is 0.242 e. The Labute approximate surface area is 268 Å². The number of carbonyl (C=O) groups is 5. The SMILES string of the molecule is C=C(CNC(=O)CS)NCC(=O)NCC(=O)NCCCCCCS(=O)(=O)NC(=O)C1CCn2c(C(=O)c3ccccc3)ccc21. The zero-order valence-electron chi connectivity index (χ0n) is 25.0. The lowest BCUT2D eigenvalue weighted by Gasteiger charge is -2.12. The molecule has 1 unspecified atom stereocenters. The van der Waals surface area contributed by atoms with Gasteiger partial charge in [0.15, 0.2) is 0 Å². The minimum Gasteiger partial charge on any atom is -0.379 e. The van der Waals surface area contributed by atoms with Crippen LogP contribution in [0.2, 0.25) is 0 Å². The Balaban J connectivity index is 1.27. The molecule has 1 aromatic heterocycles. The molecule has 13 nitrogen and oxygen atoms in total. The summed E-state index contributed by atoms with van der Waals surface area (Å²) in [7, 11) is -3.83. The van der Waals surface area contributed by atoms with Gasteiger partial charge >= 0.3 is 0 Å². The van der Waals surface area contributed by atoms with Crippen LogP contribution in [0.5, 0.6) is 0 Å². The average Bonchev–Trinajstić information content (AvgIpc) is 3.63. The van der Waals surface area contributed by atoms with E-state index in [0.717, 1.165) is 0 Å². The number of fused-ring (bicyclic) bond motifs is 1. The molecule has 15 heteroatoms. The summed E-state index contributed by atoms with van der Waals surface area (Å²) in [6.07, 6.45) is 2.63. The Morgan fingerprint density at radius 2 is 1.49 bits per heavy atom. The first-order valence-corrected chi connectivity index (χ1v) is 17.0. The third-order valence-electron chi connectivity index (χ3n) is 7.10. The number of aromatic nitrogens is 1. The van der Waals surface area contributed by atoms with Crippen LogP contribution in [-0.2, 0) is 35.7 Å². The van der Waals surface area contributed by atoms with Crippen LogP contribution < -0.4 is 26.0 Å². The first-order valence-electron chi connectivity index (χ1n) is 14.7. The Bertz CT molecular complexity index is 1490. The third-order valence-corrected chi connectivity index (χ3v) is 8.73. The molecule has 3 rings (SSSR count). The summed E-state index contributed by atoms with van der Waals surface area (Å²) < 4.78 is 29.1. The van der Waals surface area contributed by atoms with Crippen molar-refractivity contribution in [3.8, 4) is 0 Å². The van der Waals surface area contributed by atoms with Gasteiger partial charge < -0.3 is 25.8 Å². The van der Waals surface area contributed by atoms with E-state index < -0.39 is 27.8 Å². The molecule has 1 aliphatic heterocycles. The van der Waals surface area contributed by atoms with Gasteiger partial charge in [-0.1, -0.05) is 49.8 Å². The molecule has 0 bridgehead atoms. The van der Waals surface area contributed by atoms with E-state index in [2.05, 4.69) is 45.2 Å². The van der Waals surface area contributed by atoms with E-state index in [0.29, 0.717) is 67.8 Å². The summed E-state index contributed by atoms with van der Waals surface area (Å²) in [5, 5.41) is 10.5. The van der Waals surface area contributed by atoms with Crippen LogP contribution in [0.25, 0.3) is 0 Å². The minimum atomic E-state index is -3.83. The van der Waals surface area contributed by atoms with E-state index in [4.69, 9.17) is 0 Å². The predicted octanol–water partition coefficient (Wildman–Crippen LogP) is 0.595. The van der Waals surface area contributed by atoms with E-state index in [-0.39, 0.29) is 48.7 Å². The largest absolute Gasteiger partial charge is 0.379 e. The van der Waals surface area contributed by atoms with E-state index in [1.54, 1.807) is 41.0 Å². The number of hydrogen-bond acceptors (Lipinski definition) is 9. The molecule has 4 amide bonds. The van der Waals surface area contributed by atoms with Gasteiger partial charge in [-0.05, 0) is 31.4 Å². The Hall–Kier alpha value is -4.11. The van der Waals surface area contributed by atoms with Gasteiger partial charge in [0.05, 0.1) is 42.8 Å². The molecule has 0 aliphatic carbocycles. The van der Waals surface area contributed by atoms with Gasteiger partial charge in [-0.3, -0.25) is 28.7 Å². The minimum absolute atomic E-state index is 0.0461. The molecular formula is C30H40N6O7S2. The maximum atomic E-state index is 12.9. The normalized spacial score (nSPS) is 13.8. The molecule has 45 heavy (non-hydrogen) atoms. The molecule has 2 heterocycles. The Kier molecular flexibility index (Phi) is 13.7. The predicted molar refractivity (Wildman–Crippen MR) is 172 cm³/mol. The lowest BCUT2D eigenvalue weighted by atomic mass is 10.0. The van der Waals surface area contributed by atoms with Crippen LogP contribution in [-0.4, -0.2) is 80.1 Å². The zero-order valence-corrected chi connectivity index (χ0v) is 26.7. The van der Waals surface area contributed by atoms with Gasteiger partial charge in [-0.15, -0.1) is 0 Å². The number of hydrogen-bond donors (Lipinski definition) is 6. The number of ketones is 1. The van der Waals surface area contributed by atoms with E-state index in [1.165, 1.54) is 0 Å². The van der Waals surface area contributed by atoms with Crippen LogP contribution in [0.3, 0.4) is 0 Å². The van der Waals surface area contributed by atoms with Crippen molar-refractivity contribution in [2.24, 2.45) is 0 Å². The van der Waals surface area contributed by atoms with Gasteiger partial charge in [0, 0.05) is 30.0 Å². The second-order valence-electron chi connectivity index (χ2n) is 10.5. The van der Waals surface area contributed by atoms with Gasteiger partial charge in [0.2, 0.25) is 39.4 Å². The summed E-state index contributed by atoms with van der Waals surface area (Å²) in [6.45, 7) is 4.37. The van der Waals surface area contributed by atoms with Crippen molar-refractivity contribution < 1.29 is 32.4 Å². The molecule has 2 aromatic rings. The highest BCUT2D eigenvalue weighted by molar-refractivity contribution is 7.90. The number of thiol groups is 1. The van der Waals surface area contributed by atoms with Crippen LogP contribution in [0.1, 0.15) is 59.8 Å². The van der Waals surface area contributed by atoms with E-state index >= 15 is 0 Å². The number of nitrogens with zero attached hydrogens (tertiary/aromatic N) is 1. The standard InChI is InChI=1S/C30H40N6O7S2/c1-21(17-33-28(39)20-44)32-18-27(38)34-19-26(37)31-14-7-2-3-8-16-45(42,43)35-30(41)23-13-15-36-24(23)11-12-25(36)29(40)22-9-5-4-6-10-22/h4-6,9-12,23,32,44H,1-3,7-8,13-20H2,(H,31,37)(H,33,39)(H,34,38)(H,35,41). The molecule has 0 saturated carbocycles. The van der Waals surface area contributed by atoms with Gasteiger partial charge in [0.25, 0.3) is 0 Å². The van der Waals surface area contributed by atoms with Gasteiger partial charge in [-0.25, -0.2) is 8.42 Å². The summed E-state index contributed by atoms with van der Waals surface area (Å²) in [4.78, 5) is 60.7. The summed E-state index contributed by atoms with van der Waals surface area (Å²) >= 11 is 3.84. The molecular weight excluding hydrogens is 620 g/mol. The molecule has 5 N–H and O–H groups in total. The molecule has 244 valence electrons. The van der Waals surface area contributed by atoms with Crippen molar-refractivity contribution in [1.29, 1.82) is 0 Å². The quantitative estimate of drug-likeness (QED) is 0.0719. The fourth-order valence-electron chi connectivity index (χ4n) is 4.75. The molecule has 1 aliphatic rings. The highest BCUT2D eigenvalue weighted by Crippen LogP contribution is 2.31. The van der Waals surface area contributed by atoms with Crippen molar-refractivity contribution in [1.82, 2.24) is 30.6 Å². The Morgan fingerprint density at radius 3 is 2.22 bits per heavy atom. The Morgan fingerprint density at radius 1 is 0.822 bits per heavy atom. The average molecular weight is 661 g/mol. The molecule has 0 fully saturated rings. The van der Waals surface area contributed by atoms with Crippen molar-refractivity contribution in [2.75, 3.05) is 37.7 Å². The second kappa shape index (κ2) is 17.4. The number of amides is 4. The lowest BCUT2D eigenvalue weighted by Crippen LogP contribution is -2.41. The number of nitrogens with one attached hydrogen (secondary N) is 5. The van der Waals surface area contributed by atoms with E-state index in [1.807, 2.05) is 6.07 Å². The number of rotatable bonds is 19. The number of unbranched alkanes of at least 4 members (excludes halogenated alkanes) is 3. The highest BCUT2D eigenvalue weighted by atomic mass is 32.2. The van der Waals surface area contributed by atoms with Crippen LogP contribution in [0, 0.1) is 0 Å². The molecule has 0 radical (unpaired) electrons. The molecule has 1 aromatic carbocycles. The van der Waals surface area contributed by atoms with Gasteiger partial charge in [0.1, 0.15) is 0 Å². The van der Waals surface area contributed by atoms with Crippen LogP contribution in [0.15, 0.2) is 54.7 Å². The van der Waals surface area contributed by atoms with Crippen molar-refractivity contribution in [3.05, 3.63) is 71.7 Å². The first-order chi connectivity index (χ1) is 21.5. The third kappa shape index (κ3) is 11.4. The van der Waals surface area contributed by atoms with Crippen molar-refractivity contribution in [2.45, 2.75) is 44.6 Å². The van der Waals surface area contributed by atoms with Crippen molar-refractivity contribution in [3.63, 3.8) is 0 Å². The fraction of sp³-hybridized carbons (Fsp3) is 0.433. The number of carbonyl (C=O) groups excluding carboxylic acids is 5. The summed E-state index contributed by atoms with van der Waals surface area (Å²) in [5.74, 6) is -2.59.